The van der Waals surface area contributed by atoms with Gasteiger partial charge in [-0.05, 0) is 48.7 Å². The number of amides is 1. The molecular formula is C23H19F5N4O. The van der Waals surface area contributed by atoms with Crippen LogP contribution in [-0.4, -0.2) is 33.9 Å². The van der Waals surface area contributed by atoms with Gasteiger partial charge in [-0.15, -0.1) is 0 Å². The van der Waals surface area contributed by atoms with Crippen molar-refractivity contribution in [2.24, 2.45) is 5.92 Å². The summed E-state index contributed by atoms with van der Waals surface area (Å²) in [6.45, 7) is 0.876. The molecule has 10 heteroatoms. The van der Waals surface area contributed by atoms with Crippen LogP contribution in [0.5, 0.6) is 0 Å². The number of alkyl halides is 3. The summed E-state index contributed by atoms with van der Waals surface area (Å²) >= 11 is 0. The van der Waals surface area contributed by atoms with E-state index in [-0.39, 0.29) is 40.9 Å². The highest BCUT2D eigenvalue weighted by Crippen LogP contribution is 2.29. The molecule has 2 N–H and O–H groups in total. The van der Waals surface area contributed by atoms with Crippen molar-refractivity contribution in [2.75, 3.05) is 18.8 Å². The third-order valence-electron chi connectivity index (χ3n) is 5.49. The van der Waals surface area contributed by atoms with Crippen molar-refractivity contribution in [1.29, 1.82) is 0 Å². The molecule has 0 unspecified atom stereocenters. The maximum Gasteiger partial charge on any atom is 0.417 e. The van der Waals surface area contributed by atoms with Crippen molar-refractivity contribution >= 4 is 11.6 Å². The molecule has 1 saturated heterocycles. The topological polar surface area (TPSA) is 72.1 Å². The quantitative estimate of drug-likeness (QED) is 0.575. The normalized spacial score (nSPS) is 14.3. The molecule has 0 spiro atoms. The predicted molar refractivity (Wildman–Crippen MR) is 111 cm³/mol. The molecular weight excluding hydrogens is 443 g/mol. The molecule has 0 aliphatic carbocycles. The second kappa shape index (κ2) is 8.76. The molecule has 1 fully saturated rings. The van der Waals surface area contributed by atoms with Gasteiger partial charge in [-0.3, -0.25) is 14.8 Å². The van der Waals surface area contributed by atoms with Crippen molar-refractivity contribution in [2.45, 2.75) is 19.0 Å². The van der Waals surface area contributed by atoms with Gasteiger partial charge in [-0.25, -0.2) is 8.78 Å². The zero-order valence-electron chi connectivity index (χ0n) is 17.2. The van der Waals surface area contributed by atoms with Crippen LogP contribution in [0, 0.1) is 17.6 Å². The van der Waals surface area contributed by atoms with Crippen molar-refractivity contribution < 1.29 is 26.7 Å². The molecule has 1 aromatic carbocycles. The van der Waals surface area contributed by atoms with Gasteiger partial charge in [0.05, 0.1) is 29.1 Å². The van der Waals surface area contributed by atoms with Crippen LogP contribution in [0.1, 0.15) is 17.0 Å². The van der Waals surface area contributed by atoms with Gasteiger partial charge in [0.25, 0.3) is 0 Å². The molecule has 1 aliphatic rings. The summed E-state index contributed by atoms with van der Waals surface area (Å²) in [5.41, 5.74) is 6.56. The summed E-state index contributed by atoms with van der Waals surface area (Å²) in [6.07, 6.45) is -3.25. The number of halogens is 5. The Morgan fingerprint density at radius 2 is 1.85 bits per heavy atom. The van der Waals surface area contributed by atoms with Crippen molar-refractivity contribution in [3.05, 3.63) is 77.2 Å². The van der Waals surface area contributed by atoms with Crippen LogP contribution in [0.4, 0.5) is 27.6 Å². The van der Waals surface area contributed by atoms with E-state index in [0.29, 0.717) is 25.2 Å². The first-order chi connectivity index (χ1) is 15.6. The van der Waals surface area contributed by atoms with Crippen LogP contribution in [0.2, 0.25) is 0 Å². The first kappa shape index (κ1) is 22.6. The highest BCUT2D eigenvalue weighted by atomic mass is 19.4. The van der Waals surface area contributed by atoms with Gasteiger partial charge < -0.3 is 10.6 Å². The summed E-state index contributed by atoms with van der Waals surface area (Å²) in [5.74, 6) is -1.61. The Kier molecular flexibility index (Phi) is 6.01. The number of hydrogen-bond donors (Lipinski definition) is 1. The number of anilines is 1. The monoisotopic (exact) mass is 462 g/mol. The molecule has 0 atom stereocenters. The van der Waals surface area contributed by atoms with Gasteiger partial charge in [0.15, 0.2) is 0 Å². The largest absolute Gasteiger partial charge is 0.417 e. The van der Waals surface area contributed by atoms with Gasteiger partial charge in [0.1, 0.15) is 11.6 Å². The first-order valence-electron chi connectivity index (χ1n) is 10.1. The fourth-order valence-electron chi connectivity index (χ4n) is 3.67. The van der Waals surface area contributed by atoms with Crippen LogP contribution in [0.25, 0.3) is 11.3 Å². The van der Waals surface area contributed by atoms with E-state index in [0.717, 1.165) is 24.4 Å². The Bertz CT molecular complexity index is 1170. The SMILES string of the molecule is Nc1ccc(-c2ccc(F)cc2F)nc1CC(=O)N1CC(Cc2ccc(C(F)(F)F)cn2)C1. The van der Waals surface area contributed by atoms with E-state index < -0.39 is 23.4 Å². The summed E-state index contributed by atoms with van der Waals surface area (Å²) in [6, 6.07) is 8.49. The Morgan fingerprint density at radius 1 is 1.09 bits per heavy atom. The minimum Gasteiger partial charge on any atom is -0.397 e. The van der Waals surface area contributed by atoms with Crippen LogP contribution in [0.3, 0.4) is 0 Å². The lowest BCUT2D eigenvalue weighted by Crippen LogP contribution is -2.51. The lowest BCUT2D eigenvalue weighted by Gasteiger charge is -2.39. The minimum absolute atomic E-state index is 0.0862. The second-order valence-corrected chi connectivity index (χ2v) is 7.94. The standard InChI is InChI=1S/C23H19F5N4O/c24-15-2-4-17(18(25)8-15)20-6-5-19(29)21(31-20)9-22(33)32-11-13(12-32)7-16-3-1-14(10-30-16)23(26,27)28/h1-6,8,10,13H,7,9,11-12,29H2. The zero-order chi connectivity index (χ0) is 23.8. The number of aromatic nitrogens is 2. The maximum atomic E-state index is 14.1. The molecule has 0 bridgehead atoms. The summed E-state index contributed by atoms with van der Waals surface area (Å²) < 4.78 is 65.1. The third kappa shape index (κ3) is 5.10. The van der Waals surface area contributed by atoms with Crippen LogP contribution in [-0.2, 0) is 23.8 Å². The van der Waals surface area contributed by atoms with Crippen molar-refractivity contribution in [3.8, 4) is 11.3 Å². The summed E-state index contributed by atoms with van der Waals surface area (Å²) in [5, 5.41) is 0. The Labute approximate surface area is 186 Å². The van der Waals surface area contributed by atoms with Gasteiger partial charge in [0, 0.05) is 36.6 Å². The zero-order valence-corrected chi connectivity index (χ0v) is 17.2. The molecule has 172 valence electrons. The van der Waals surface area contributed by atoms with E-state index in [1.54, 1.807) is 4.90 Å². The van der Waals surface area contributed by atoms with E-state index in [2.05, 4.69) is 9.97 Å². The number of nitrogen functional groups attached to an aromatic ring is 1. The van der Waals surface area contributed by atoms with Crippen LogP contribution in [0.15, 0.2) is 48.7 Å². The Balaban J connectivity index is 1.36. The molecule has 5 nitrogen and oxygen atoms in total. The second-order valence-electron chi connectivity index (χ2n) is 7.94. The number of rotatable bonds is 5. The van der Waals surface area contributed by atoms with Crippen LogP contribution < -0.4 is 5.73 Å². The number of pyridine rings is 2. The third-order valence-corrected chi connectivity index (χ3v) is 5.49. The highest BCUT2D eigenvalue weighted by Gasteiger charge is 2.33. The summed E-state index contributed by atoms with van der Waals surface area (Å²) in [4.78, 5) is 22.4. The molecule has 1 aliphatic heterocycles. The average molecular weight is 462 g/mol. The molecule has 4 rings (SSSR count). The molecule has 0 radical (unpaired) electrons. The van der Waals surface area contributed by atoms with Crippen molar-refractivity contribution in [1.82, 2.24) is 14.9 Å². The predicted octanol–water partition coefficient (Wildman–Crippen LogP) is 4.27. The van der Waals surface area contributed by atoms with Gasteiger partial charge in [0.2, 0.25) is 5.91 Å². The number of nitrogens with zero attached hydrogens (tertiary/aromatic N) is 3. The molecule has 1 amide bonds. The number of likely N-dealkylation sites (tertiary alicyclic amines) is 1. The van der Waals surface area contributed by atoms with Crippen LogP contribution >= 0.6 is 0 Å². The number of nitrogens with two attached hydrogens (primary N) is 1. The fraction of sp³-hybridized carbons (Fsp3) is 0.261. The van der Waals surface area contributed by atoms with Gasteiger partial charge >= 0.3 is 6.18 Å². The van der Waals surface area contributed by atoms with E-state index in [1.807, 2.05) is 0 Å². The Morgan fingerprint density at radius 3 is 2.48 bits per heavy atom. The number of hydrogen-bond acceptors (Lipinski definition) is 4. The molecule has 2 aromatic heterocycles. The fourth-order valence-corrected chi connectivity index (χ4v) is 3.67. The van der Waals surface area contributed by atoms with Crippen molar-refractivity contribution in [3.63, 3.8) is 0 Å². The maximum absolute atomic E-state index is 14.1. The Hall–Kier alpha value is -3.56. The first-order valence-corrected chi connectivity index (χ1v) is 10.1. The average Bonchev–Trinajstić information content (AvgIpc) is 2.72. The van der Waals surface area contributed by atoms with E-state index in [1.165, 1.54) is 24.3 Å². The van der Waals surface area contributed by atoms with E-state index in [9.17, 15) is 26.7 Å². The smallest absolute Gasteiger partial charge is 0.397 e. The number of benzene rings is 1. The molecule has 3 aromatic rings. The number of carbonyl (C=O) groups excluding carboxylic acids is 1. The molecule has 3 heterocycles. The van der Waals surface area contributed by atoms with E-state index >= 15 is 0 Å². The number of carbonyl (C=O) groups is 1. The highest BCUT2D eigenvalue weighted by molar-refractivity contribution is 5.81. The lowest BCUT2D eigenvalue weighted by atomic mass is 9.93. The van der Waals surface area contributed by atoms with Gasteiger partial charge in [-0.1, -0.05) is 0 Å². The van der Waals surface area contributed by atoms with Gasteiger partial charge in [-0.2, -0.15) is 13.2 Å². The minimum atomic E-state index is -4.43. The van der Waals surface area contributed by atoms with E-state index in [4.69, 9.17) is 5.73 Å². The molecule has 33 heavy (non-hydrogen) atoms. The molecule has 0 saturated carbocycles. The summed E-state index contributed by atoms with van der Waals surface area (Å²) in [7, 11) is 0. The lowest BCUT2D eigenvalue weighted by molar-refractivity contribution is -0.138.